The van der Waals surface area contributed by atoms with E-state index in [0.717, 1.165) is 0 Å². The summed E-state index contributed by atoms with van der Waals surface area (Å²) < 4.78 is 0. The molecule has 0 rings (SSSR count). The van der Waals surface area contributed by atoms with Gasteiger partial charge in [0.15, 0.2) is 0 Å². The number of aliphatic hydroxyl groups is 2. The second kappa shape index (κ2) is 88.9. The zero-order chi connectivity index (χ0) is 9.15. The SMILES string of the molecule is C.C.C.C.C.C.CC.NC(O)=S.NC(O)=S. The van der Waals surface area contributed by atoms with Gasteiger partial charge in [0.05, 0.1) is 0 Å². The molecule has 0 aromatic carbocycles. The van der Waals surface area contributed by atoms with Crippen molar-refractivity contribution in [2.75, 3.05) is 0 Å². The Hall–Kier alpha value is -0.620. The molecule has 0 bridgehead atoms. The average molecular weight is 281 g/mol. The van der Waals surface area contributed by atoms with Gasteiger partial charge < -0.3 is 21.7 Å². The first-order chi connectivity index (χ1) is 4.46. The monoisotopic (exact) mass is 280 g/mol. The normalized spacial score (nSPS) is 3.38. The molecule has 4 nitrogen and oxygen atoms in total. The molecule has 0 unspecified atom stereocenters. The van der Waals surface area contributed by atoms with Crippen molar-refractivity contribution < 1.29 is 10.2 Å². The van der Waals surface area contributed by atoms with E-state index in [1.54, 1.807) is 0 Å². The molecular weight excluding hydrogens is 244 g/mol. The summed E-state index contributed by atoms with van der Waals surface area (Å²) in [6, 6.07) is 0. The molecule has 0 aromatic heterocycles. The van der Waals surface area contributed by atoms with Crippen LogP contribution in [0.1, 0.15) is 58.4 Å². The smallest absolute Gasteiger partial charge is 0.251 e. The van der Waals surface area contributed by atoms with E-state index in [9.17, 15) is 0 Å². The summed E-state index contributed by atoms with van der Waals surface area (Å²) >= 11 is 7.74. The first-order valence-corrected chi connectivity index (χ1v) is 3.25. The lowest BCUT2D eigenvalue weighted by Crippen LogP contribution is -2.03. The van der Waals surface area contributed by atoms with E-state index in [2.05, 4.69) is 35.9 Å². The second-order valence-corrected chi connectivity index (χ2v) is 1.51. The van der Waals surface area contributed by atoms with E-state index in [1.165, 1.54) is 0 Å². The van der Waals surface area contributed by atoms with Crippen LogP contribution in [0.2, 0.25) is 0 Å². The minimum Gasteiger partial charge on any atom is -0.487 e. The van der Waals surface area contributed by atoms with Crippen LogP contribution >= 0.6 is 24.4 Å². The van der Waals surface area contributed by atoms with Gasteiger partial charge in [0.1, 0.15) is 0 Å². The zero-order valence-corrected chi connectivity index (χ0v) is 7.50. The topological polar surface area (TPSA) is 92.5 Å². The summed E-state index contributed by atoms with van der Waals surface area (Å²) in [6.07, 6.45) is 0. The number of nitrogens with two attached hydrogens (primary N) is 2. The summed E-state index contributed by atoms with van der Waals surface area (Å²) in [5.74, 6) is 0. The van der Waals surface area contributed by atoms with E-state index in [0.29, 0.717) is 0 Å². The van der Waals surface area contributed by atoms with E-state index >= 15 is 0 Å². The molecule has 0 radical (unpaired) electrons. The third-order valence-electron chi connectivity index (χ3n) is 0. The molecule has 0 heterocycles. The molecule has 110 valence electrons. The molecule has 0 spiro atoms. The molecule has 6 heteroatoms. The van der Waals surface area contributed by atoms with Crippen LogP contribution in [0.5, 0.6) is 0 Å². The zero-order valence-electron chi connectivity index (χ0n) is 5.87. The Bertz CT molecular complexity index is 82.8. The van der Waals surface area contributed by atoms with E-state index in [1.807, 2.05) is 13.8 Å². The van der Waals surface area contributed by atoms with Crippen molar-refractivity contribution >= 4 is 34.8 Å². The molecule has 0 aliphatic rings. The second-order valence-electron chi connectivity index (χ2n) is 0.676. The highest BCUT2D eigenvalue weighted by molar-refractivity contribution is 7.80. The van der Waals surface area contributed by atoms with Gasteiger partial charge in [0, 0.05) is 0 Å². The quantitative estimate of drug-likeness (QED) is 0.491. The van der Waals surface area contributed by atoms with Gasteiger partial charge in [0.25, 0.3) is 10.3 Å². The van der Waals surface area contributed by atoms with Crippen molar-refractivity contribution in [1.82, 2.24) is 0 Å². The average Bonchev–Trinajstić information content (AvgIpc) is 1.66. The van der Waals surface area contributed by atoms with Crippen molar-refractivity contribution in [2.45, 2.75) is 58.4 Å². The van der Waals surface area contributed by atoms with Crippen molar-refractivity contribution in [3.8, 4) is 0 Å². The number of hydrogen-bond acceptors (Lipinski definition) is 2. The Morgan fingerprint density at radius 1 is 0.688 bits per heavy atom. The van der Waals surface area contributed by atoms with Gasteiger partial charge in [-0.3, -0.25) is 0 Å². The third kappa shape index (κ3) is 5330. The van der Waals surface area contributed by atoms with Crippen molar-refractivity contribution in [3.63, 3.8) is 0 Å². The highest BCUT2D eigenvalue weighted by Gasteiger charge is 1.57. The van der Waals surface area contributed by atoms with Gasteiger partial charge in [-0.2, -0.15) is 0 Å². The molecule has 0 amide bonds. The molecule has 16 heavy (non-hydrogen) atoms. The molecule has 6 N–H and O–H groups in total. The fourth-order valence-electron chi connectivity index (χ4n) is 0. The predicted molar refractivity (Wildman–Crippen MR) is 90.6 cm³/mol. The molecule has 0 saturated heterocycles. The lowest BCUT2D eigenvalue weighted by molar-refractivity contribution is 0.559. The van der Waals surface area contributed by atoms with Crippen LogP contribution in [0.3, 0.4) is 0 Å². The standard InChI is InChI=1S/C2H6.2CH3NOS.6CH4/c1-2;2*2-1(3)4;;;;;;/h1-2H3;2*(H3,2,3,4);6*1H4. The third-order valence-corrected chi connectivity index (χ3v) is 0. The molecule has 0 saturated carbocycles. The van der Waals surface area contributed by atoms with E-state index in [-0.39, 0.29) is 44.6 Å². The summed E-state index contributed by atoms with van der Waals surface area (Å²) in [5.41, 5.74) is 8.80. The van der Waals surface area contributed by atoms with Crippen LogP contribution in [0.4, 0.5) is 0 Å². The number of hydrogen-bond donors (Lipinski definition) is 4. The van der Waals surface area contributed by atoms with Gasteiger partial charge in [-0.15, -0.1) is 0 Å². The number of aliphatic hydroxyl groups excluding tert-OH is 2. The van der Waals surface area contributed by atoms with Crippen LogP contribution in [-0.2, 0) is 0 Å². The lowest BCUT2D eigenvalue weighted by atomic mass is 11.0. The fraction of sp³-hybridized carbons (Fsp3) is 0.800. The Morgan fingerprint density at radius 2 is 0.688 bits per heavy atom. The number of rotatable bonds is 0. The first-order valence-electron chi connectivity index (χ1n) is 2.43. The van der Waals surface area contributed by atoms with Gasteiger partial charge in [-0.25, -0.2) is 0 Å². The largest absolute Gasteiger partial charge is 0.487 e. The Morgan fingerprint density at radius 3 is 0.688 bits per heavy atom. The van der Waals surface area contributed by atoms with E-state index < -0.39 is 10.3 Å². The van der Waals surface area contributed by atoms with Crippen LogP contribution < -0.4 is 11.5 Å². The molecule has 0 fully saturated rings. The summed E-state index contributed by atoms with van der Waals surface area (Å²) in [4.78, 5) is 0. The maximum absolute atomic E-state index is 7.56. The van der Waals surface area contributed by atoms with Crippen LogP contribution in [0.25, 0.3) is 0 Å². The Kier molecular flexibility index (Phi) is 434. The van der Waals surface area contributed by atoms with Crippen molar-refractivity contribution in [1.29, 1.82) is 0 Å². The molecule has 0 atom stereocenters. The van der Waals surface area contributed by atoms with Crippen LogP contribution in [-0.4, -0.2) is 20.6 Å². The Labute approximate surface area is 115 Å². The first kappa shape index (κ1) is 78.1. The highest BCUT2D eigenvalue weighted by atomic mass is 32.1. The predicted octanol–water partition coefficient (Wildman–Crippen LogP) is 4.42. The molecule has 0 aliphatic heterocycles. The maximum atomic E-state index is 7.56. The summed E-state index contributed by atoms with van der Waals surface area (Å²) in [5, 5.41) is 14.1. The molecule has 0 aromatic rings. The van der Waals surface area contributed by atoms with Crippen molar-refractivity contribution in [2.24, 2.45) is 11.5 Å². The van der Waals surface area contributed by atoms with Gasteiger partial charge in [-0.1, -0.05) is 58.4 Å². The summed E-state index contributed by atoms with van der Waals surface area (Å²) in [7, 11) is 0. The van der Waals surface area contributed by atoms with E-state index in [4.69, 9.17) is 10.2 Å². The minimum absolute atomic E-state index is 0. The van der Waals surface area contributed by atoms with Gasteiger partial charge in [-0.05, 0) is 24.4 Å². The molecule has 0 aliphatic carbocycles. The highest BCUT2D eigenvalue weighted by Crippen LogP contribution is 1.40. The number of thiocarbonyl (C=S) groups is 2. The summed E-state index contributed by atoms with van der Waals surface area (Å²) in [6.45, 7) is 4.00. The van der Waals surface area contributed by atoms with Crippen molar-refractivity contribution in [3.05, 3.63) is 0 Å². The lowest BCUT2D eigenvalue weighted by Gasteiger charge is -1.67. The van der Waals surface area contributed by atoms with Gasteiger partial charge >= 0.3 is 0 Å². The van der Waals surface area contributed by atoms with Crippen LogP contribution in [0.15, 0.2) is 0 Å². The maximum Gasteiger partial charge on any atom is 0.251 e. The Balaban J connectivity index is -0.00000000571. The molecular formula is C10H36N2O2S2. The minimum atomic E-state index is -0.500. The van der Waals surface area contributed by atoms with Gasteiger partial charge in [0.2, 0.25) is 0 Å². The fourth-order valence-corrected chi connectivity index (χ4v) is 0. The van der Waals surface area contributed by atoms with Crippen LogP contribution in [0, 0.1) is 0 Å².